The fraction of sp³-hybridized carbons (Fsp3) is 0.0952. The van der Waals surface area contributed by atoms with Crippen molar-refractivity contribution in [1.29, 1.82) is 0 Å². The van der Waals surface area contributed by atoms with Crippen LogP contribution >= 0.6 is 0 Å². The summed E-state index contributed by atoms with van der Waals surface area (Å²) in [5.41, 5.74) is 2.98. The van der Waals surface area contributed by atoms with Crippen LogP contribution in [0.2, 0.25) is 0 Å². The second kappa shape index (κ2) is 7.09. The van der Waals surface area contributed by atoms with Gasteiger partial charge in [0, 0.05) is 16.7 Å². The zero-order valence-corrected chi connectivity index (χ0v) is 14.0. The highest BCUT2D eigenvalue weighted by Crippen LogP contribution is 2.22. The zero-order chi connectivity index (χ0) is 17.8. The summed E-state index contributed by atoms with van der Waals surface area (Å²) < 4.78 is 5.77. The number of rotatable bonds is 5. The van der Waals surface area contributed by atoms with E-state index in [-0.39, 0.29) is 11.6 Å². The number of ketones is 2. The number of hydrogen-bond donors (Lipinski definition) is 0. The summed E-state index contributed by atoms with van der Waals surface area (Å²) in [6, 6.07) is 18.1. The molecule has 1 heterocycles. The van der Waals surface area contributed by atoms with Gasteiger partial charge in [-0.2, -0.15) is 0 Å². The van der Waals surface area contributed by atoms with E-state index in [0.29, 0.717) is 22.6 Å². The normalized spacial score (nSPS) is 11.0. The van der Waals surface area contributed by atoms with E-state index in [1.807, 2.05) is 24.3 Å². The highest BCUT2D eigenvalue weighted by Gasteiger charge is 2.05. The number of Topliss-reactive ketones (excluding diaryl/α,β-unsaturated/α-hetero) is 2. The van der Waals surface area contributed by atoms with Gasteiger partial charge in [0.2, 0.25) is 0 Å². The Morgan fingerprint density at radius 2 is 1.36 bits per heavy atom. The van der Waals surface area contributed by atoms with Gasteiger partial charge < -0.3 is 4.42 Å². The van der Waals surface area contributed by atoms with E-state index in [2.05, 4.69) is 4.99 Å². The van der Waals surface area contributed by atoms with Crippen molar-refractivity contribution in [2.45, 2.75) is 13.8 Å². The van der Waals surface area contributed by atoms with Crippen LogP contribution in [0.4, 0.5) is 5.69 Å². The van der Waals surface area contributed by atoms with Gasteiger partial charge in [-0.1, -0.05) is 24.3 Å². The molecule has 0 aliphatic carbocycles. The number of nitrogens with zero attached hydrogens (tertiary/aromatic N) is 1. The molecule has 0 aliphatic heterocycles. The number of carbonyl (C=O) groups is 2. The molecular formula is C21H17NO3. The first kappa shape index (κ1) is 16.6. The quantitative estimate of drug-likeness (QED) is 0.482. The fourth-order valence-electron chi connectivity index (χ4n) is 2.37. The van der Waals surface area contributed by atoms with Crippen molar-refractivity contribution in [2.24, 2.45) is 4.99 Å². The van der Waals surface area contributed by atoms with Gasteiger partial charge in [-0.3, -0.25) is 14.6 Å². The lowest BCUT2D eigenvalue weighted by molar-refractivity contribution is 0.100. The van der Waals surface area contributed by atoms with Gasteiger partial charge in [0.1, 0.15) is 11.5 Å². The van der Waals surface area contributed by atoms with Crippen LogP contribution in [-0.4, -0.2) is 17.8 Å². The molecule has 25 heavy (non-hydrogen) atoms. The van der Waals surface area contributed by atoms with Gasteiger partial charge in [0.25, 0.3) is 0 Å². The maximum atomic E-state index is 11.3. The standard InChI is InChI=1S/C21H17NO3/c1-14(23)16-3-5-18(6-4-16)21-12-11-20(25-21)13-22-19-9-7-17(8-10-19)15(2)24/h3-13H,1-2H3. The topological polar surface area (TPSA) is 59.6 Å². The molecule has 3 aromatic rings. The average molecular weight is 331 g/mol. The predicted molar refractivity (Wildman–Crippen MR) is 97.8 cm³/mol. The van der Waals surface area contributed by atoms with Gasteiger partial charge >= 0.3 is 0 Å². The number of aliphatic imine (C=N–C) groups is 1. The molecule has 0 saturated carbocycles. The minimum Gasteiger partial charge on any atom is -0.455 e. The zero-order valence-electron chi connectivity index (χ0n) is 14.0. The molecule has 4 nitrogen and oxygen atoms in total. The molecule has 0 aliphatic rings. The van der Waals surface area contributed by atoms with E-state index < -0.39 is 0 Å². The highest BCUT2D eigenvalue weighted by atomic mass is 16.3. The van der Waals surface area contributed by atoms with E-state index >= 15 is 0 Å². The Bertz CT molecular complexity index is 932. The Morgan fingerprint density at radius 3 is 1.92 bits per heavy atom. The molecule has 0 unspecified atom stereocenters. The summed E-state index contributed by atoms with van der Waals surface area (Å²) in [7, 11) is 0. The highest BCUT2D eigenvalue weighted by molar-refractivity contribution is 5.95. The van der Waals surface area contributed by atoms with Crippen LogP contribution in [0.3, 0.4) is 0 Å². The molecule has 0 bridgehead atoms. The summed E-state index contributed by atoms with van der Waals surface area (Å²) in [5.74, 6) is 1.40. The maximum absolute atomic E-state index is 11.3. The van der Waals surface area contributed by atoms with E-state index in [4.69, 9.17) is 4.42 Å². The number of carbonyl (C=O) groups excluding carboxylic acids is 2. The van der Waals surface area contributed by atoms with Crippen molar-refractivity contribution >= 4 is 23.5 Å². The smallest absolute Gasteiger partial charge is 0.159 e. The molecule has 0 spiro atoms. The summed E-state index contributed by atoms with van der Waals surface area (Å²) in [4.78, 5) is 26.9. The van der Waals surface area contributed by atoms with Gasteiger partial charge in [-0.25, -0.2) is 0 Å². The lowest BCUT2D eigenvalue weighted by Gasteiger charge is -1.99. The van der Waals surface area contributed by atoms with Crippen molar-refractivity contribution in [3.8, 4) is 11.3 Å². The average Bonchev–Trinajstić information content (AvgIpc) is 3.09. The molecule has 124 valence electrons. The summed E-state index contributed by atoms with van der Waals surface area (Å²) >= 11 is 0. The molecule has 0 N–H and O–H groups in total. The lowest BCUT2D eigenvalue weighted by atomic mass is 10.1. The number of furan rings is 1. The van der Waals surface area contributed by atoms with Crippen molar-refractivity contribution < 1.29 is 14.0 Å². The first-order valence-electron chi connectivity index (χ1n) is 7.89. The van der Waals surface area contributed by atoms with Crippen LogP contribution in [0.25, 0.3) is 11.3 Å². The monoisotopic (exact) mass is 331 g/mol. The summed E-state index contributed by atoms with van der Waals surface area (Å²) in [5, 5.41) is 0. The first-order chi connectivity index (χ1) is 12.0. The molecule has 1 aromatic heterocycles. The van der Waals surface area contributed by atoms with Crippen LogP contribution in [0.15, 0.2) is 70.1 Å². The summed E-state index contributed by atoms with van der Waals surface area (Å²) in [6.07, 6.45) is 1.64. The molecule has 0 radical (unpaired) electrons. The molecule has 0 saturated heterocycles. The van der Waals surface area contributed by atoms with Crippen LogP contribution < -0.4 is 0 Å². The Kier molecular flexibility index (Phi) is 4.70. The van der Waals surface area contributed by atoms with Crippen LogP contribution in [0.5, 0.6) is 0 Å². The van der Waals surface area contributed by atoms with Gasteiger partial charge in [-0.05, 0) is 50.2 Å². The van der Waals surface area contributed by atoms with Crippen molar-refractivity contribution in [1.82, 2.24) is 0 Å². The molecule has 0 amide bonds. The Balaban J connectivity index is 1.74. The van der Waals surface area contributed by atoms with Gasteiger partial charge in [0.05, 0.1) is 11.9 Å². The van der Waals surface area contributed by atoms with E-state index in [1.54, 1.807) is 49.5 Å². The van der Waals surface area contributed by atoms with Gasteiger partial charge in [-0.15, -0.1) is 0 Å². The Morgan fingerprint density at radius 1 is 0.800 bits per heavy atom. The van der Waals surface area contributed by atoms with Crippen molar-refractivity contribution in [3.05, 3.63) is 77.6 Å². The van der Waals surface area contributed by atoms with E-state index in [9.17, 15) is 9.59 Å². The maximum Gasteiger partial charge on any atom is 0.159 e. The third kappa shape index (κ3) is 3.98. The molecule has 4 heteroatoms. The SMILES string of the molecule is CC(=O)c1ccc(N=Cc2ccc(-c3ccc(C(C)=O)cc3)o2)cc1. The predicted octanol–water partition coefficient (Wildman–Crippen LogP) is 5.10. The fourth-order valence-corrected chi connectivity index (χ4v) is 2.37. The van der Waals surface area contributed by atoms with E-state index in [1.165, 1.54) is 6.92 Å². The van der Waals surface area contributed by atoms with Crippen molar-refractivity contribution in [2.75, 3.05) is 0 Å². The summed E-state index contributed by atoms with van der Waals surface area (Å²) in [6.45, 7) is 3.07. The largest absolute Gasteiger partial charge is 0.455 e. The molecule has 0 fully saturated rings. The van der Waals surface area contributed by atoms with Crippen LogP contribution in [0.1, 0.15) is 40.3 Å². The second-order valence-corrected chi connectivity index (χ2v) is 5.70. The Labute approximate surface area is 145 Å². The minimum absolute atomic E-state index is 0.0296. The molecule has 0 atom stereocenters. The van der Waals surface area contributed by atoms with Gasteiger partial charge in [0.15, 0.2) is 11.6 Å². The lowest BCUT2D eigenvalue weighted by Crippen LogP contribution is -1.90. The minimum atomic E-state index is 0.0296. The van der Waals surface area contributed by atoms with Crippen LogP contribution in [0, 0.1) is 0 Å². The third-order valence-electron chi connectivity index (χ3n) is 3.82. The third-order valence-corrected chi connectivity index (χ3v) is 3.82. The number of hydrogen-bond acceptors (Lipinski definition) is 4. The molecule has 2 aromatic carbocycles. The van der Waals surface area contributed by atoms with Crippen molar-refractivity contribution in [3.63, 3.8) is 0 Å². The second-order valence-electron chi connectivity index (χ2n) is 5.70. The van der Waals surface area contributed by atoms with E-state index in [0.717, 1.165) is 11.3 Å². The Hall–Kier alpha value is -3.27. The van der Waals surface area contributed by atoms with Crippen LogP contribution in [-0.2, 0) is 0 Å². The molecular weight excluding hydrogens is 314 g/mol. The molecule has 3 rings (SSSR count). The first-order valence-corrected chi connectivity index (χ1v) is 7.89. The number of benzene rings is 2.